The first kappa shape index (κ1) is 19.2. The second-order valence-corrected chi connectivity index (χ2v) is 10.6. The summed E-state index contributed by atoms with van der Waals surface area (Å²) in [5.41, 5.74) is 13.1. The molecule has 0 atom stereocenters. The molecular formula is C34H25N. The lowest BCUT2D eigenvalue weighted by molar-refractivity contribution is 0.563. The molecule has 0 bridgehead atoms. The van der Waals surface area contributed by atoms with Crippen molar-refractivity contribution < 1.29 is 0 Å². The van der Waals surface area contributed by atoms with Crippen molar-refractivity contribution in [3.8, 4) is 11.1 Å². The summed E-state index contributed by atoms with van der Waals surface area (Å²) in [7, 11) is 0. The Kier molecular flexibility index (Phi) is 3.47. The van der Waals surface area contributed by atoms with Crippen LogP contribution < -0.4 is 0 Å². The molecule has 6 aromatic rings. The second kappa shape index (κ2) is 6.31. The topological polar surface area (TPSA) is 15.8 Å². The summed E-state index contributed by atoms with van der Waals surface area (Å²) in [4.78, 5) is 3.81. The number of nitrogens with one attached hydrogen (secondary N) is 1. The average Bonchev–Trinajstić information content (AvgIpc) is 3.42. The van der Waals surface area contributed by atoms with Crippen molar-refractivity contribution in [3.05, 3.63) is 143 Å². The van der Waals surface area contributed by atoms with E-state index in [4.69, 9.17) is 0 Å². The van der Waals surface area contributed by atoms with Gasteiger partial charge in [-0.3, -0.25) is 0 Å². The predicted molar refractivity (Wildman–Crippen MR) is 145 cm³/mol. The third-order valence-corrected chi connectivity index (χ3v) is 8.70. The SMILES string of the molecule is CC1(C)c2ccccc2C2(c3ccccc3-c3c2ccc2c3[nH]c3ccccc32)c2ccccc21. The Hall–Kier alpha value is -4.10. The smallest absolute Gasteiger partial charge is 0.0720 e. The molecule has 1 heteroatoms. The number of aromatic nitrogens is 1. The minimum Gasteiger partial charge on any atom is -0.354 e. The van der Waals surface area contributed by atoms with Crippen molar-refractivity contribution in [2.45, 2.75) is 24.7 Å². The molecule has 2 aliphatic carbocycles. The van der Waals surface area contributed by atoms with Gasteiger partial charge in [-0.05, 0) is 45.0 Å². The number of hydrogen-bond acceptors (Lipinski definition) is 0. The molecule has 0 aliphatic heterocycles. The van der Waals surface area contributed by atoms with Gasteiger partial charge >= 0.3 is 0 Å². The zero-order valence-electron chi connectivity index (χ0n) is 19.9. The van der Waals surface area contributed by atoms with E-state index in [0.717, 1.165) is 0 Å². The zero-order valence-corrected chi connectivity index (χ0v) is 19.9. The van der Waals surface area contributed by atoms with Gasteiger partial charge in [0.15, 0.2) is 0 Å². The molecule has 166 valence electrons. The molecule has 0 saturated carbocycles. The quantitative estimate of drug-likeness (QED) is 0.240. The number of hydrogen-bond donors (Lipinski definition) is 1. The van der Waals surface area contributed by atoms with Crippen molar-refractivity contribution in [3.63, 3.8) is 0 Å². The lowest BCUT2D eigenvalue weighted by Gasteiger charge is -2.46. The Morgan fingerprint density at radius 2 is 1.06 bits per heavy atom. The Morgan fingerprint density at radius 1 is 0.486 bits per heavy atom. The number of para-hydroxylation sites is 1. The average molecular weight is 448 g/mol. The van der Waals surface area contributed by atoms with Crippen LogP contribution in [0.1, 0.15) is 47.2 Å². The van der Waals surface area contributed by atoms with E-state index in [1.165, 1.54) is 66.3 Å². The number of aromatic amines is 1. The van der Waals surface area contributed by atoms with E-state index in [2.05, 4.69) is 128 Å². The minimum atomic E-state index is -0.333. The normalized spacial score (nSPS) is 16.2. The first-order chi connectivity index (χ1) is 17.1. The molecule has 1 N–H and O–H groups in total. The molecule has 0 radical (unpaired) electrons. The molecule has 1 aromatic heterocycles. The van der Waals surface area contributed by atoms with Gasteiger partial charge in [-0.25, -0.2) is 0 Å². The number of fused-ring (bicyclic) bond motifs is 13. The monoisotopic (exact) mass is 447 g/mol. The summed E-state index contributed by atoms with van der Waals surface area (Å²) in [6.45, 7) is 4.75. The van der Waals surface area contributed by atoms with E-state index < -0.39 is 0 Å². The molecule has 5 aromatic carbocycles. The van der Waals surface area contributed by atoms with E-state index in [1.807, 2.05) is 0 Å². The summed E-state index contributed by atoms with van der Waals surface area (Å²) in [5, 5.41) is 2.58. The van der Waals surface area contributed by atoms with Gasteiger partial charge in [-0.15, -0.1) is 0 Å². The first-order valence-corrected chi connectivity index (χ1v) is 12.5. The van der Waals surface area contributed by atoms with Crippen molar-refractivity contribution in [1.82, 2.24) is 4.98 Å². The van der Waals surface area contributed by atoms with Crippen molar-refractivity contribution in [2.24, 2.45) is 0 Å². The number of rotatable bonds is 0. The van der Waals surface area contributed by atoms with Crippen molar-refractivity contribution in [1.29, 1.82) is 0 Å². The van der Waals surface area contributed by atoms with Gasteiger partial charge in [0.25, 0.3) is 0 Å². The van der Waals surface area contributed by atoms with Crippen LogP contribution in [-0.2, 0) is 10.8 Å². The zero-order chi connectivity index (χ0) is 23.4. The highest BCUT2D eigenvalue weighted by atomic mass is 14.7. The Bertz CT molecular complexity index is 1780. The molecule has 1 heterocycles. The lowest BCUT2D eigenvalue weighted by atomic mass is 9.55. The summed E-state index contributed by atoms with van der Waals surface area (Å²) in [5.74, 6) is 0. The largest absolute Gasteiger partial charge is 0.354 e. The van der Waals surface area contributed by atoms with E-state index in [-0.39, 0.29) is 10.8 Å². The molecule has 1 spiro atoms. The first-order valence-electron chi connectivity index (χ1n) is 12.5. The van der Waals surface area contributed by atoms with E-state index in [0.29, 0.717) is 0 Å². The fourth-order valence-corrected chi connectivity index (χ4v) is 7.26. The molecule has 0 fully saturated rings. The van der Waals surface area contributed by atoms with E-state index in [1.54, 1.807) is 0 Å². The van der Waals surface area contributed by atoms with Gasteiger partial charge in [0.05, 0.1) is 10.9 Å². The van der Waals surface area contributed by atoms with Crippen LogP contribution in [0.25, 0.3) is 32.9 Å². The fraction of sp³-hybridized carbons (Fsp3) is 0.118. The number of H-pyrrole nitrogens is 1. The highest BCUT2D eigenvalue weighted by molar-refractivity contribution is 6.14. The van der Waals surface area contributed by atoms with Crippen LogP contribution in [0.4, 0.5) is 0 Å². The molecule has 0 unspecified atom stereocenters. The lowest BCUT2D eigenvalue weighted by Crippen LogP contribution is -2.40. The van der Waals surface area contributed by atoms with Crippen LogP contribution in [-0.4, -0.2) is 4.98 Å². The standard InChI is InChI=1S/C34H25N/c1-33(2)25-14-6-8-16-27(25)34(28-17-9-7-15-26(28)33)24-13-5-3-12-23(24)31-29(34)20-19-22-21-11-4-10-18-30(21)35-32(22)31/h3-20,35H,1-2H3. The minimum absolute atomic E-state index is 0.0681. The van der Waals surface area contributed by atoms with Gasteiger partial charge in [-0.1, -0.05) is 117 Å². The van der Waals surface area contributed by atoms with Crippen LogP contribution >= 0.6 is 0 Å². The highest BCUT2D eigenvalue weighted by Crippen LogP contribution is 2.63. The Morgan fingerprint density at radius 3 is 1.77 bits per heavy atom. The van der Waals surface area contributed by atoms with Crippen LogP contribution in [0.3, 0.4) is 0 Å². The Balaban J connectivity index is 1.62. The Labute approximate surface area is 205 Å². The maximum absolute atomic E-state index is 3.81. The summed E-state index contributed by atoms with van der Waals surface area (Å²) < 4.78 is 0. The third-order valence-electron chi connectivity index (χ3n) is 8.70. The van der Waals surface area contributed by atoms with E-state index >= 15 is 0 Å². The van der Waals surface area contributed by atoms with Gasteiger partial charge in [-0.2, -0.15) is 0 Å². The van der Waals surface area contributed by atoms with Crippen molar-refractivity contribution >= 4 is 21.8 Å². The molecule has 1 nitrogen and oxygen atoms in total. The van der Waals surface area contributed by atoms with Gasteiger partial charge in [0.2, 0.25) is 0 Å². The second-order valence-electron chi connectivity index (χ2n) is 10.6. The van der Waals surface area contributed by atoms with Crippen LogP contribution in [0, 0.1) is 0 Å². The molecule has 8 rings (SSSR count). The summed E-state index contributed by atoms with van der Waals surface area (Å²) in [6.07, 6.45) is 0. The van der Waals surface area contributed by atoms with Crippen molar-refractivity contribution in [2.75, 3.05) is 0 Å². The van der Waals surface area contributed by atoms with Gasteiger partial charge in [0.1, 0.15) is 0 Å². The van der Waals surface area contributed by atoms with E-state index in [9.17, 15) is 0 Å². The third kappa shape index (κ3) is 2.12. The van der Waals surface area contributed by atoms with Gasteiger partial charge < -0.3 is 4.98 Å². The summed E-state index contributed by atoms with van der Waals surface area (Å²) in [6, 6.07) is 40.7. The van der Waals surface area contributed by atoms with Gasteiger partial charge in [0, 0.05) is 27.3 Å². The van der Waals surface area contributed by atoms with Crippen LogP contribution in [0.2, 0.25) is 0 Å². The predicted octanol–water partition coefficient (Wildman–Crippen LogP) is 8.32. The maximum atomic E-state index is 3.81. The highest BCUT2D eigenvalue weighted by Gasteiger charge is 2.53. The molecule has 0 saturated heterocycles. The molecular weight excluding hydrogens is 422 g/mol. The number of benzene rings is 5. The molecule has 0 amide bonds. The fourth-order valence-electron chi connectivity index (χ4n) is 7.26. The van der Waals surface area contributed by atoms with Crippen LogP contribution in [0.5, 0.6) is 0 Å². The maximum Gasteiger partial charge on any atom is 0.0720 e. The summed E-state index contributed by atoms with van der Waals surface area (Å²) >= 11 is 0. The molecule has 2 aliphatic rings. The molecule has 35 heavy (non-hydrogen) atoms. The van der Waals surface area contributed by atoms with Crippen LogP contribution in [0.15, 0.2) is 109 Å².